The van der Waals surface area contributed by atoms with Crippen LogP contribution in [0.2, 0.25) is 0 Å². The number of pyridine rings is 1. The average molecular weight is 266 g/mol. The van der Waals surface area contributed by atoms with E-state index in [1.165, 1.54) is 25.4 Å². The van der Waals surface area contributed by atoms with Gasteiger partial charge in [-0.2, -0.15) is 0 Å². The molecule has 0 radical (unpaired) electrons. The third-order valence-electron chi connectivity index (χ3n) is 2.60. The summed E-state index contributed by atoms with van der Waals surface area (Å²) < 4.78 is 5.52. The maximum absolute atomic E-state index is 12.0. The number of nitrogens with zero attached hydrogens (tertiary/aromatic N) is 2. The van der Waals surface area contributed by atoms with Crippen LogP contribution in [-0.2, 0) is 4.79 Å². The highest BCUT2D eigenvalue weighted by atomic mass is 16.5. The summed E-state index contributed by atoms with van der Waals surface area (Å²) in [6, 6.07) is 3.05. The van der Waals surface area contributed by atoms with Crippen molar-refractivity contribution in [2.24, 2.45) is 0 Å². The van der Waals surface area contributed by atoms with Crippen LogP contribution in [0.25, 0.3) is 0 Å². The van der Waals surface area contributed by atoms with Crippen molar-refractivity contribution in [1.29, 1.82) is 0 Å². The Morgan fingerprint density at radius 3 is 2.79 bits per heavy atom. The van der Waals surface area contributed by atoms with Gasteiger partial charge in [0.25, 0.3) is 5.91 Å². The van der Waals surface area contributed by atoms with Crippen LogP contribution in [0.5, 0.6) is 5.88 Å². The minimum Gasteiger partial charge on any atom is -0.480 e. The van der Waals surface area contributed by atoms with Crippen molar-refractivity contribution in [3.8, 4) is 5.88 Å². The number of amides is 1. The Morgan fingerprint density at radius 2 is 2.21 bits per heavy atom. The molecule has 0 saturated carbocycles. The van der Waals surface area contributed by atoms with Gasteiger partial charge in [0, 0.05) is 24.9 Å². The monoisotopic (exact) mass is 266 g/mol. The second kappa shape index (κ2) is 6.72. The van der Waals surface area contributed by atoms with Crippen LogP contribution in [0.3, 0.4) is 0 Å². The van der Waals surface area contributed by atoms with E-state index in [4.69, 9.17) is 9.84 Å². The van der Waals surface area contributed by atoms with Crippen LogP contribution in [0.15, 0.2) is 18.3 Å². The largest absolute Gasteiger partial charge is 0.480 e. The van der Waals surface area contributed by atoms with Crippen molar-refractivity contribution in [3.63, 3.8) is 0 Å². The highest BCUT2D eigenvalue weighted by Gasteiger charge is 2.15. The maximum atomic E-state index is 12.0. The Morgan fingerprint density at radius 1 is 1.53 bits per heavy atom. The number of carboxylic acid groups (broad SMARTS) is 1. The Hall–Kier alpha value is -2.11. The fourth-order valence-corrected chi connectivity index (χ4v) is 1.39. The highest BCUT2D eigenvalue weighted by molar-refractivity contribution is 5.95. The molecule has 0 aromatic carbocycles. The second-order valence-corrected chi connectivity index (χ2v) is 4.27. The van der Waals surface area contributed by atoms with Gasteiger partial charge in [0.1, 0.15) is 6.54 Å². The number of aromatic nitrogens is 1. The van der Waals surface area contributed by atoms with E-state index in [1.807, 2.05) is 13.8 Å². The van der Waals surface area contributed by atoms with Crippen molar-refractivity contribution >= 4 is 11.9 Å². The Kier molecular flexibility index (Phi) is 5.29. The molecule has 104 valence electrons. The molecule has 19 heavy (non-hydrogen) atoms. The van der Waals surface area contributed by atoms with Crippen molar-refractivity contribution in [1.82, 2.24) is 9.88 Å². The van der Waals surface area contributed by atoms with Crippen molar-refractivity contribution in [3.05, 3.63) is 23.9 Å². The number of carbonyl (C=O) groups is 2. The van der Waals surface area contributed by atoms with Crippen molar-refractivity contribution < 1.29 is 19.4 Å². The number of carbonyl (C=O) groups excluding carboxylic acids is 1. The summed E-state index contributed by atoms with van der Waals surface area (Å²) in [6.45, 7) is 3.55. The molecule has 1 aromatic heterocycles. The first-order valence-corrected chi connectivity index (χ1v) is 6.04. The topological polar surface area (TPSA) is 79.7 Å². The third kappa shape index (κ3) is 4.57. The Labute approximate surface area is 112 Å². The summed E-state index contributed by atoms with van der Waals surface area (Å²) >= 11 is 0. The molecule has 0 fully saturated rings. The molecule has 1 rings (SSSR count). The molecule has 1 amide bonds. The summed E-state index contributed by atoms with van der Waals surface area (Å²) in [7, 11) is 1.44. The number of carboxylic acids is 1. The van der Waals surface area contributed by atoms with Crippen LogP contribution in [-0.4, -0.2) is 46.6 Å². The lowest BCUT2D eigenvalue weighted by Crippen LogP contribution is -2.32. The predicted octanol–water partition coefficient (Wildman–Crippen LogP) is 1.42. The fourth-order valence-electron chi connectivity index (χ4n) is 1.39. The highest BCUT2D eigenvalue weighted by Crippen LogP contribution is 2.13. The average Bonchev–Trinajstić information content (AvgIpc) is 2.37. The molecular weight excluding hydrogens is 248 g/mol. The van der Waals surface area contributed by atoms with E-state index in [2.05, 4.69) is 4.98 Å². The first-order valence-electron chi connectivity index (χ1n) is 6.04. The molecule has 6 heteroatoms. The van der Waals surface area contributed by atoms with Gasteiger partial charge < -0.3 is 14.7 Å². The molecule has 1 atom stereocenters. The number of aliphatic carboxylic acids is 1. The molecule has 0 aliphatic rings. The van der Waals surface area contributed by atoms with Crippen LogP contribution in [0.1, 0.15) is 30.6 Å². The van der Waals surface area contributed by atoms with Gasteiger partial charge in [-0.1, -0.05) is 6.92 Å². The van der Waals surface area contributed by atoms with E-state index in [0.29, 0.717) is 11.4 Å². The van der Waals surface area contributed by atoms with Gasteiger partial charge in [-0.25, -0.2) is 4.98 Å². The van der Waals surface area contributed by atoms with Crippen LogP contribution in [0, 0.1) is 0 Å². The molecule has 0 bridgehead atoms. The van der Waals surface area contributed by atoms with Gasteiger partial charge in [0.2, 0.25) is 5.88 Å². The molecule has 1 aromatic rings. The van der Waals surface area contributed by atoms with Crippen LogP contribution >= 0.6 is 0 Å². The van der Waals surface area contributed by atoms with E-state index in [9.17, 15) is 9.59 Å². The summed E-state index contributed by atoms with van der Waals surface area (Å²) in [5.74, 6) is -1.07. The zero-order chi connectivity index (χ0) is 14.4. The first kappa shape index (κ1) is 14.9. The molecule has 1 heterocycles. The molecular formula is C13H18N2O4. The molecule has 1 unspecified atom stereocenters. The van der Waals surface area contributed by atoms with Gasteiger partial charge >= 0.3 is 5.97 Å². The van der Waals surface area contributed by atoms with E-state index in [0.717, 1.165) is 11.3 Å². The number of rotatable bonds is 6. The lowest BCUT2D eigenvalue weighted by atomic mass is 10.2. The molecule has 0 aliphatic carbocycles. The second-order valence-electron chi connectivity index (χ2n) is 4.27. The van der Waals surface area contributed by atoms with Gasteiger partial charge in [-0.05, 0) is 19.4 Å². The van der Waals surface area contributed by atoms with E-state index in [1.54, 1.807) is 0 Å². The van der Waals surface area contributed by atoms with Crippen molar-refractivity contribution in [2.45, 2.75) is 26.4 Å². The van der Waals surface area contributed by atoms with Gasteiger partial charge in [0.15, 0.2) is 0 Å². The zero-order valence-electron chi connectivity index (χ0n) is 11.3. The fraction of sp³-hybridized carbons (Fsp3) is 0.462. The SMILES string of the molecule is CCC(C)Oc1cc(C(=O)N(C)CC(=O)O)ccn1. The number of hydrogen-bond acceptors (Lipinski definition) is 4. The molecule has 1 N–H and O–H groups in total. The normalized spacial score (nSPS) is 11.7. The number of likely N-dealkylation sites (N-methyl/N-ethyl adjacent to an activating group) is 1. The summed E-state index contributed by atoms with van der Waals surface area (Å²) in [4.78, 5) is 27.7. The van der Waals surface area contributed by atoms with E-state index in [-0.39, 0.29) is 18.6 Å². The van der Waals surface area contributed by atoms with Crippen molar-refractivity contribution in [2.75, 3.05) is 13.6 Å². The molecule has 0 spiro atoms. The lowest BCUT2D eigenvalue weighted by Gasteiger charge is -2.16. The quantitative estimate of drug-likeness (QED) is 0.842. The number of hydrogen-bond donors (Lipinski definition) is 1. The summed E-state index contributed by atoms with van der Waals surface area (Å²) in [5.41, 5.74) is 0.358. The predicted molar refractivity (Wildman–Crippen MR) is 69.2 cm³/mol. The van der Waals surface area contributed by atoms with E-state index >= 15 is 0 Å². The molecule has 0 saturated heterocycles. The van der Waals surface area contributed by atoms with Gasteiger partial charge in [-0.15, -0.1) is 0 Å². The smallest absolute Gasteiger partial charge is 0.323 e. The van der Waals surface area contributed by atoms with E-state index < -0.39 is 5.97 Å². The third-order valence-corrected chi connectivity index (χ3v) is 2.60. The lowest BCUT2D eigenvalue weighted by molar-refractivity contribution is -0.137. The number of ether oxygens (including phenoxy) is 1. The van der Waals surface area contributed by atoms with Gasteiger partial charge in [0.05, 0.1) is 6.10 Å². The minimum absolute atomic E-state index is 0.00889. The standard InChI is InChI=1S/C13H18N2O4/c1-4-9(2)19-11-7-10(5-6-14-11)13(18)15(3)8-12(16)17/h5-7,9H,4,8H2,1-3H3,(H,16,17). The van der Waals surface area contributed by atoms with Gasteiger partial charge in [-0.3, -0.25) is 9.59 Å². The molecule has 0 aliphatic heterocycles. The molecule has 6 nitrogen and oxygen atoms in total. The van der Waals surface area contributed by atoms with Crippen LogP contribution in [0.4, 0.5) is 0 Å². The zero-order valence-corrected chi connectivity index (χ0v) is 11.3. The summed E-state index contributed by atoms with van der Waals surface area (Å²) in [5, 5.41) is 8.65. The van der Waals surface area contributed by atoms with Crippen LogP contribution < -0.4 is 4.74 Å². The Bertz CT molecular complexity index is 462. The minimum atomic E-state index is -1.05. The Balaban J connectivity index is 2.80. The first-order chi connectivity index (χ1) is 8.93. The summed E-state index contributed by atoms with van der Waals surface area (Å²) in [6.07, 6.45) is 2.31. The maximum Gasteiger partial charge on any atom is 0.323 e.